The summed E-state index contributed by atoms with van der Waals surface area (Å²) in [5.74, 6) is -0.166. The molecule has 1 heterocycles. The second kappa shape index (κ2) is 5.99. The molecule has 2 rings (SSSR count). The minimum atomic E-state index is -0.445. The standard InChI is InChI=1S/C11H12ClIN2O2/c12-8-5-7(13)1-2-9(8)15-11(16)10-6-14-3-4-17-10/h1-2,5,10,14H,3-4,6H2,(H,15,16). The number of ether oxygens (including phenoxy) is 1. The van der Waals surface area contributed by atoms with E-state index in [0.29, 0.717) is 23.9 Å². The van der Waals surface area contributed by atoms with Crippen molar-refractivity contribution >= 4 is 45.8 Å². The Labute approximate surface area is 118 Å². The lowest BCUT2D eigenvalue weighted by Crippen LogP contribution is -2.45. The first-order chi connectivity index (χ1) is 8.16. The number of carbonyl (C=O) groups is 1. The molecule has 1 amide bonds. The lowest BCUT2D eigenvalue weighted by atomic mass is 10.2. The number of benzene rings is 1. The zero-order valence-corrected chi connectivity index (χ0v) is 11.9. The highest BCUT2D eigenvalue weighted by Crippen LogP contribution is 2.24. The average Bonchev–Trinajstić information content (AvgIpc) is 2.34. The Hall–Kier alpha value is -0.370. The molecule has 0 spiro atoms. The molecule has 1 aliphatic rings. The molecule has 0 aromatic heterocycles. The van der Waals surface area contributed by atoms with Gasteiger partial charge in [-0.15, -0.1) is 0 Å². The molecule has 92 valence electrons. The quantitative estimate of drug-likeness (QED) is 0.786. The van der Waals surface area contributed by atoms with Gasteiger partial charge in [0.05, 0.1) is 17.3 Å². The van der Waals surface area contributed by atoms with E-state index in [4.69, 9.17) is 16.3 Å². The molecule has 2 N–H and O–H groups in total. The molecule has 1 aromatic carbocycles. The topological polar surface area (TPSA) is 50.4 Å². The van der Waals surface area contributed by atoms with Gasteiger partial charge in [0.2, 0.25) is 0 Å². The van der Waals surface area contributed by atoms with Gasteiger partial charge in [-0.25, -0.2) is 0 Å². The van der Waals surface area contributed by atoms with Crippen molar-refractivity contribution in [1.29, 1.82) is 0 Å². The number of rotatable bonds is 2. The van der Waals surface area contributed by atoms with E-state index in [1.54, 1.807) is 12.1 Å². The molecule has 1 saturated heterocycles. The summed E-state index contributed by atoms with van der Waals surface area (Å²) in [7, 11) is 0. The third-order valence-corrected chi connectivity index (χ3v) is 3.39. The Kier molecular flexibility index (Phi) is 4.61. The first-order valence-corrected chi connectivity index (χ1v) is 6.71. The fourth-order valence-corrected chi connectivity index (χ4v) is 2.44. The second-order valence-electron chi connectivity index (χ2n) is 3.68. The molecule has 1 aliphatic heterocycles. The molecule has 0 radical (unpaired) electrons. The van der Waals surface area contributed by atoms with E-state index in [1.807, 2.05) is 6.07 Å². The predicted molar refractivity (Wildman–Crippen MR) is 75.4 cm³/mol. The fourth-order valence-electron chi connectivity index (χ4n) is 1.54. The van der Waals surface area contributed by atoms with Crippen molar-refractivity contribution in [3.63, 3.8) is 0 Å². The van der Waals surface area contributed by atoms with Crippen molar-refractivity contribution in [1.82, 2.24) is 5.32 Å². The fraction of sp³-hybridized carbons (Fsp3) is 0.364. The summed E-state index contributed by atoms with van der Waals surface area (Å²) in [6, 6.07) is 5.48. The Morgan fingerprint density at radius 3 is 3.06 bits per heavy atom. The zero-order chi connectivity index (χ0) is 12.3. The predicted octanol–water partition coefficient (Wildman–Crippen LogP) is 1.87. The Balaban J connectivity index is 2.02. The highest BCUT2D eigenvalue weighted by molar-refractivity contribution is 14.1. The summed E-state index contributed by atoms with van der Waals surface area (Å²) in [4.78, 5) is 11.9. The minimum absolute atomic E-state index is 0.166. The van der Waals surface area contributed by atoms with Crippen LogP contribution in [0.1, 0.15) is 0 Å². The van der Waals surface area contributed by atoms with Crippen LogP contribution in [-0.4, -0.2) is 31.7 Å². The van der Waals surface area contributed by atoms with Gasteiger partial charge in [0.1, 0.15) is 6.10 Å². The largest absolute Gasteiger partial charge is 0.366 e. The van der Waals surface area contributed by atoms with Crippen LogP contribution in [0.4, 0.5) is 5.69 Å². The molecular weight excluding hydrogens is 354 g/mol. The maximum atomic E-state index is 11.9. The van der Waals surface area contributed by atoms with E-state index in [-0.39, 0.29) is 5.91 Å². The number of hydrogen-bond donors (Lipinski definition) is 2. The number of anilines is 1. The first-order valence-electron chi connectivity index (χ1n) is 5.25. The number of amides is 1. The molecule has 17 heavy (non-hydrogen) atoms. The number of hydrogen-bond acceptors (Lipinski definition) is 3. The van der Waals surface area contributed by atoms with Crippen molar-refractivity contribution in [2.75, 3.05) is 25.0 Å². The lowest BCUT2D eigenvalue weighted by molar-refractivity contribution is -0.128. The summed E-state index contributed by atoms with van der Waals surface area (Å²) in [5, 5.41) is 6.41. The van der Waals surface area contributed by atoms with Crippen LogP contribution in [0.3, 0.4) is 0 Å². The van der Waals surface area contributed by atoms with Crippen LogP contribution in [0.15, 0.2) is 18.2 Å². The third-order valence-electron chi connectivity index (χ3n) is 2.41. The molecular formula is C11H12ClIN2O2. The summed E-state index contributed by atoms with van der Waals surface area (Å²) < 4.78 is 6.39. The van der Waals surface area contributed by atoms with Gasteiger partial charge in [-0.1, -0.05) is 11.6 Å². The van der Waals surface area contributed by atoms with Crippen LogP contribution in [0, 0.1) is 3.57 Å². The van der Waals surface area contributed by atoms with Crippen molar-refractivity contribution in [2.24, 2.45) is 0 Å². The van der Waals surface area contributed by atoms with E-state index in [0.717, 1.165) is 10.1 Å². The van der Waals surface area contributed by atoms with Crippen LogP contribution >= 0.6 is 34.2 Å². The molecule has 0 bridgehead atoms. The summed E-state index contributed by atoms with van der Waals surface area (Å²) in [5.41, 5.74) is 0.617. The molecule has 1 aromatic rings. The van der Waals surface area contributed by atoms with E-state index in [1.165, 1.54) is 0 Å². The van der Waals surface area contributed by atoms with Gasteiger partial charge in [-0.05, 0) is 40.8 Å². The van der Waals surface area contributed by atoms with Crippen molar-refractivity contribution in [2.45, 2.75) is 6.10 Å². The molecule has 0 saturated carbocycles. The first kappa shape index (κ1) is 13.1. The number of nitrogens with one attached hydrogen (secondary N) is 2. The molecule has 1 atom stereocenters. The highest BCUT2D eigenvalue weighted by Gasteiger charge is 2.22. The molecule has 6 heteroatoms. The van der Waals surface area contributed by atoms with Crippen molar-refractivity contribution in [3.8, 4) is 0 Å². The third kappa shape index (κ3) is 3.54. The van der Waals surface area contributed by atoms with Crippen LogP contribution in [0.5, 0.6) is 0 Å². The van der Waals surface area contributed by atoms with Crippen LogP contribution in [0.2, 0.25) is 5.02 Å². The van der Waals surface area contributed by atoms with Gasteiger partial charge in [0.25, 0.3) is 5.91 Å². The van der Waals surface area contributed by atoms with Crippen LogP contribution in [-0.2, 0) is 9.53 Å². The highest BCUT2D eigenvalue weighted by atomic mass is 127. The van der Waals surface area contributed by atoms with Gasteiger partial charge < -0.3 is 15.4 Å². The maximum Gasteiger partial charge on any atom is 0.254 e. The Bertz CT molecular complexity index is 422. The van der Waals surface area contributed by atoms with Gasteiger partial charge in [0, 0.05) is 16.7 Å². The monoisotopic (exact) mass is 366 g/mol. The second-order valence-corrected chi connectivity index (χ2v) is 5.33. The summed E-state index contributed by atoms with van der Waals surface area (Å²) in [6.07, 6.45) is -0.445. The van der Waals surface area contributed by atoms with E-state index in [9.17, 15) is 4.79 Å². The minimum Gasteiger partial charge on any atom is -0.366 e. The molecule has 0 aliphatic carbocycles. The van der Waals surface area contributed by atoms with Crippen molar-refractivity contribution < 1.29 is 9.53 Å². The van der Waals surface area contributed by atoms with Gasteiger partial charge >= 0.3 is 0 Å². The lowest BCUT2D eigenvalue weighted by Gasteiger charge is -2.22. The van der Waals surface area contributed by atoms with Gasteiger partial charge in [0.15, 0.2) is 0 Å². The molecule has 4 nitrogen and oxygen atoms in total. The number of carbonyl (C=O) groups excluding carboxylic acids is 1. The van der Waals surface area contributed by atoms with Crippen molar-refractivity contribution in [3.05, 3.63) is 26.8 Å². The smallest absolute Gasteiger partial charge is 0.254 e. The van der Waals surface area contributed by atoms with Crippen LogP contribution in [0.25, 0.3) is 0 Å². The number of halogens is 2. The van der Waals surface area contributed by atoms with E-state index < -0.39 is 6.10 Å². The normalized spacial score (nSPS) is 20.0. The van der Waals surface area contributed by atoms with E-state index >= 15 is 0 Å². The SMILES string of the molecule is O=C(Nc1ccc(I)cc1Cl)C1CNCCO1. The summed E-state index contributed by atoms with van der Waals surface area (Å²) >= 11 is 8.20. The number of morpholine rings is 1. The van der Waals surface area contributed by atoms with E-state index in [2.05, 4.69) is 33.2 Å². The maximum absolute atomic E-state index is 11.9. The Morgan fingerprint density at radius 2 is 2.41 bits per heavy atom. The molecule has 1 unspecified atom stereocenters. The van der Waals surface area contributed by atoms with Crippen LogP contribution < -0.4 is 10.6 Å². The Morgan fingerprint density at radius 1 is 1.59 bits per heavy atom. The average molecular weight is 367 g/mol. The van der Waals surface area contributed by atoms with Gasteiger partial charge in [-0.3, -0.25) is 4.79 Å². The van der Waals surface area contributed by atoms with Gasteiger partial charge in [-0.2, -0.15) is 0 Å². The summed E-state index contributed by atoms with van der Waals surface area (Å²) in [6.45, 7) is 1.88. The molecule has 1 fully saturated rings. The zero-order valence-electron chi connectivity index (χ0n) is 9.00.